The van der Waals surface area contributed by atoms with Crippen molar-refractivity contribution in [1.29, 1.82) is 0 Å². The second-order valence-electron chi connectivity index (χ2n) is 5.43. The third kappa shape index (κ3) is 4.43. The Balaban J connectivity index is 0.00000208. The third-order valence-corrected chi connectivity index (χ3v) is 3.81. The summed E-state index contributed by atoms with van der Waals surface area (Å²) in [7, 11) is 0. The van der Waals surface area contributed by atoms with Crippen LogP contribution in [0.5, 0.6) is 0 Å². The van der Waals surface area contributed by atoms with Crippen molar-refractivity contribution < 1.29 is 4.39 Å². The molecule has 0 radical (unpaired) electrons. The van der Waals surface area contributed by atoms with Crippen molar-refractivity contribution >= 4 is 29.9 Å². The molecule has 1 aromatic heterocycles. The fourth-order valence-electron chi connectivity index (χ4n) is 2.64. The number of hydrogen-bond acceptors (Lipinski definition) is 3. The van der Waals surface area contributed by atoms with E-state index in [0.29, 0.717) is 24.6 Å². The molecule has 0 bridgehead atoms. The standard InChI is InChI=1S/C16H21FN6.HI/c1-2-18-16(19-10-12-6-3-4-7-13(12)17)20-11-15-22-21-14-8-5-9-23(14)15;/h3-4,6-7H,2,5,8-11H2,1H3,(H2,18,19,20);1H. The van der Waals surface area contributed by atoms with Gasteiger partial charge in [0.15, 0.2) is 11.8 Å². The molecule has 2 heterocycles. The van der Waals surface area contributed by atoms with E-state index in [1.165, 1.54) is 6.07 Å². The molecule has 2 N–H and O–H groups in total. The maximum absolute atomic E-state index is 13.7. The van der Waals surface area contributed by atoms with Gasteiger partial charge in [-0.25, -0.2) is 9.38 Å². The van der Waals surface area contributed by atoms with Crippen molar-refractivity contribution in [3.05, 3.63) is 47.3 Å². The molecule has 0 atom stereocenters. The average Bonchev–Trinajstić information content (AvgIpc) is 3.15. The molecule has 2 aromatic rings. The van der Waals surface area contributed by atoms with Gasteiger partial charge in [0, 0.05) is 25.1 Å². The highest BCUT2D eigenvalue weighted by Gasteiger charge is 2.17. The van der Waals surface area contributed by atoms with Crippen LogP contribution in [0.15, 0.2) is 29.3 Å². The Hall–Kier alpha value is -1.71. The lowest BCUT2D eigenvalue weighted by atomic mass is 10.2. The lowest BCUT2D eigenvalue weighted by Gasteiger charge is -2.11. The number of nitrogens with one attached hydrogen (secondary N) is 2. The molecule has 0 spiro atoms. The van der Waals surface area contributed by atoms with Gasteiger partial charge in [0.1, 0.15) is 11.6 Å². The van der Waals surface area contributed by atoms with Crippen LogP contribution >= 0.6 is 24.0 Å². The number of hydrogen-bond donors (Lipinski definition) is 2. The van der Waals surface area contributed by atoms with E-state index in [4.69, 9.17) is 0 Å². The summed E-state index contributed by atoms with van der Waals surface area (Å²) in [6.07, 6.45) is 2.12. The molecule has 130 valence electrons. The van der Waals surface area contributed by atoms with E-state index < -0.39 is 0 Å². The van der Waals surface area contributed by atoms with E-state index in [-0.39, 0.29) is 29.8 Å². The van der Waals surface area contributed by atoms with Gasteiger partial charge in [0.25, 0.3) is 0 Å². The molecule has 24 heavy (non-hydrogen) atoms. The van der Waals surface area contributed by atoms with Gasteiger partial charge in [-0.15, -0.1) is 34.2 Å². The Morgan fingerprint density at radius 1 is 1.29 bits per heavy atom. The van der Waals surface area contributed by atoms with E-state index in [0.717, 1.165) is 37.6 Å². The van der Waals surface area contributed by atoms with Gasteiger partial charge >= 0.3 is 0 Å². The number of guanidine groups is 1. The van der Waals surface area contributed by atoms with Gasteiger partial charge in [0.2, 0.25) is 0 Å². The van der Waals surface area contributed by atoms with Crippen LogP contribution in [0.1, 0.15) is 30.6 Å². The van der Waals surface area contributed by atoms with E-state index in [1.807, 2.05) is 13.0 Å². The largest absolute Gasteiger partial charge is 0.357 e. The summed E-state index contributed by atoms with van der Waals surface area (Å²) < 4.78 is 15.8. The number of aliphatic imine (C=N–C) groups is 1. The fourth-order valence-corrected chi connectivity index (χ4v) is 2.64. The number of nitrogens with zero attached hydrogens (tertiary/aromatic N) is 4. The molecule has 1 aliphatic heterocycles. The van der Waals surface area contributed by atoms with Crippen LogP contribution in [0.2, 0.25) is 0 Å². The van der Waals surface area contributed by atoms with Crippen molar-refractivity contribution in [2.24, 2.45) is 4.99 Å². The number of fused-ring (bicyclic) bond motifs is 1. The summed E-state index contributed by atoms with van der Waals surface area (Å²) in [4.78, 5) is 4.43. The highest BCUT2D eigenvalue weighted by Crippen LogP contribution is 2.13. The molecule has 3 rings (SSSR count). The predicted octanol–water partition coefficient (Wildman–Crippen LogP) is 2.24. The van der Waals surface area contributed by atoms with Crippen LogP contribution < -0.4 is 10.6 Å². The average molecular weight is 444 g/mol. The van der Waals surface area contributed by atoms with Crippen LogP contribution in [-0.4, -0.2) is 27.3 Å². The Kier molecular flexibility index (Phi) is 6.95. The smallest absolute Gasteiger partial charge is 0.191 e. The van der Waals surface area contributed by atoms with Crippen molar-refractivity contribution in [2.75, 3.05) is 6.54 Å². The second kappa shape index (κ2) is 8.95. The molecule has 1 aliphatic rings. The number of aromatic nitrogens is 3. The number of aryl methyl sites for hydroxylation is 1. The van der Waals surface area contributed by atoms with Crippen LogP contribution in [-0.2, 0) is 26.1 Å². The van der Waals surface area contributed by atoms with Gasteiger partial charge in [0.05, 0.1) is 13.1 Å². The lowest BCUT2D eigenvalue weighted by molar-refractivity contribution is 0.610. The van der Waals surface area contributed by atoms with E-state index in [1.54, 1.807) is 12.1 Å². The number of rotatable bonds is 5. The zero-order chi connectivity index (χ0) is 16.1. The molecule has 8 heteroatoms. The SMILES string of the molecule is CCNC(=NCc1ccccc1F)NCc1nnc2n1CCC2.I. The van der Waals surface area contributed by atoms with Gasteiger partial charge in [-0.05, 0) is 19.4 Å². The van der Waals surface area contributed by atoms with E-state index in [2.05, 4.69) is 30.4 Å². The summed E-state index contributed by atoms with van der Waals surface area (Å²) in [6.45, 7) is 4.55. The van der Waals surface area contributed by atoms with Crippen LogP contribution in [0.3, 0.4) is 0 Å². The van der Waals surface area contributed by atoms with E-state index >= 15 is 0 Å². The van der Waals surface area contributed by atoms with Crippen molar-refractivity contribution in [2.45, 2.75) is 39.4 Å². The lowest BCUT2D eigenvalue weighted by Crippen LogP contribution is -2.37. The summed E-state index contributed by atoms with van der Waals surface area (Å²) in [6, 6.07) is 6.68. The molecule has 6 nitrogen and oxygen atoms in total. The fraction of sp³-hybridized carbons (Fsp3) is 0.438. The minimum Gasteiger partial charge on any atom is -0.357 e. The first kappa shape index (κ1) is 18.6. The summed E-state index contributed by atoms with van der Waals surface area (Å²) in [5, 5.41) is 14.8. The first-order valence-electron chi connectivity index (χ1n) is 7.94. The van der Waals surface area contributed by atoms with Gasteiger partial charge in [-0.2, -0.15) is 0 Å². The summed E-state index contributed by atoms with van der Waals surface area (Å²) in [5.41, 5.74) is 0.577. The second-order valence-corrected chi connectivity index (χ2v) is 5.43. The van der Waals surface area contributed by atoms with Crippen molar-refractivity contribution in [3.63, 3.8) is 0 Å². The number of benzene rings is 1. The Morgan fingerprint density at radius 3 is 2.92 bits per heavy atom. The normalized spacial score (nSPS) is 13.3. The van der Waals surface area contributed by atoms with Crippen molar-refractivity contribution in [3.8, 4) is 0 Å². The third-order valence-electron chi connectivity index (χ3n) is 3.81. The highest BCUT2D eigenvalue weighted by atomic mass is 127. The molecule has 1 aromatic carbocycles. The number of halogens is 2. The van der Waals surface area contributed by atoms with Gasteiger partial charge in [-0.3, -0.25) is 0 Å². The monoisotopic (exact) mass is 444 g/mol. The van der Waals surface area contributed by atoms with Gasteiger partial charge < -0.3 is 15.2 Å². The minimum atomic E-state index is -0.234. The van der Waals surface area contributed by atoms with Crippen LogP contribution in [0.4, 0.5) is 4.39 Å². The van der Waals surface area contributed by atoms with Crippen LogP contribution in [0, 0.1) is 5.82 Å². The first-order valence-corrected chi connectivity index (χ1v) is 7.94. The van der Waals surface area contributed by atoms with Crippen LogP contribution in [0.25, 0.3) is 0 Å². The highest BCUT2D eigenvalue weighted by molar-refractivity contribution is 14.0. The predicted molar refractivity (Wildman–Crippen MR) is 102 cm³/mol. The maximum Gasteiger partial charge on any atom is 0.191 e. The molecule has 0 unspecified atom stereocenters. The minimum absolute atomic E-state index is 0. The Bertz CT molecular complexity index is 700. The first-order chi connectivity index (χ1) is 11.3. The maximum atomic E-state index is 13.7. The molecular weight excluding hydrogens is 422 g/mol. The molecular formula is C16H22FIN6. The molecule has 0 saturated heterocycles. The summed E-state index contributed by atoms with van der Waals surface area (Å²) >= 11 is 0. The summed E-state index contributed by atoms with van der Waals surface area (Å²) in [5.74, 6) is 2.37. The molecule has 0 fully saturated rings. The van der Waals surface area contributed by atoms with Gasteiger partial charge in [-0.1, -0.05) is 18.2 Å². The zero-order valence-electron chi connectivity index (χ0n) is 13.6. The van der Waals surface area contributed by atoms with Crippen molar-refractivity contribution in [1.82, 2.24) is 25.4 Å². The Labute approximate surface area is 158 Å². The molecule has 0 saturated carbocycles. The topological polar surface area (TPSA) is 67.1 Å². The quantitative estimate of drug-likeness (QED) is 0.422. The Morgan fingerprint density at radius 2 is 2.12 bits per heavy atom. The molecule has 0 amide bonds. The molecule has 0 aliphatic carbocycles. The zero-order valence-corrected chi connectivity index (χ0v) is 16.0. The van der Waals surface area contributed by atoms with E-state index in [9.17, 15) is 4.39 Å².